The molecule has 0 bridgehead atoms. The van der Waals surface area contributed by atoms with Gasteiger partial charge in [0.1, 0.15) is 19.3 Å². The number of anilines is 1. The number of hydrogen-bond acceptors (Lipinski definition) is 4. The molecule has 1 fully saturated rings. The lowest BCUT2D eigenvalue weighted by Gasteiger charge is -2.28. The molecule has 1 amide bonds. The summed E-state index contributed by atoms with van der Waals surface area (Å²) in [6, 6.07) is 5.23. The largest absolute Gasteiger partial charge is 0.368 e. The van der Waals surface area contributed by atoms with E-state index in [1.54, 1.807) is 29.2 Å². The standard InChI is InChI=1S/C17H21ClN4O2/c1-12-4-2-3-5-16(12)24-9-17(23)21-14-8-13(18)6-7-15(14)22-11-19-10-20-22/h6-8,10-12,16H,2-5,9H2,1H3,(H,21,23)/t12-,16+/m1/s1. The average Bonchev–Trinajstić information content (AvgIpc) is 3.08. The molecule has 0 aliphatic heterocycles. The molecule has 0 unspecified atom stereocenters. The maximum Gasteiger partial charge on any atom is 0.250 e. The first-order valence-electron chi connectivity index (χ1n) is 8.19. The van der Waals surface area contributed by atoms with Crippen LogP contribution in [0.1, 0.15) is 32.6 Å². The Labute approximate surface area is 146 Å². The highest BCUT2D eigenvalue weighted by atomic mass is 35.5. The number of nitrogens with one attached hydrogen (secondary N) is 1. The second-order valence-electron chi connectivity index (χ2n) is 6.16. The SMILES string of the molecule is C[C@@H]1CCCC[C@@H]1OCC(=O)Nc1cc(Cl)ccc1-n1cncn1. The summed E-state index contributed by atoms with van der Waals surface area (Å²) in [7, 11) is 0. The van der Waals surface area contributed by atoms with E-state index >= 15 is 0 Å². The van der Waals surface area contributed by atoms with Crippen LogP contribution in [0.5, 0.6) is 0 Å². The van der Waals surface area contributed by atoms with E-state index in [0.29, 0.717) is 22.3 Å². The molecule has 2 aromatic rings. The summed E-state index contributed by atoms with van der Waals surface area (Å²) in [6.45, 7) is 2.22. The van der Waals surface area contributed by atoms with Crippen LogP contribution in [0.2, 0.25) is 5.02 Å². The van der Waals surface area contributed by atoms with Gasteiger partial charge in [-0.2, -0.15) is 5.10 Å². The number of halogens is 1. The highest BCUT2D eigenvalue weighted by Gasteiger charge is 2.22. The lowest BCUT2D eigenvalue weighted by atomic mass is 9.88. The van der Waals surface area contributed by atoms with E-state index in [4.69, 9.17) is 16.3 Å². The second-order valence-corrected chi connectivity index (χ2v) is 6.60. The first-order valence-corrected chi connectivity index (χ1v) is 8.57. The third kappa shape index (κ3) is 4.13. The van der Waals surface area contributed by atoms with Crippen LogP contribution >= 0.6 is 11.6 Å². The van der Waals surface area contributed by atoms with E-state index in [1.807, 2.05) is 0 Å². The van der Waals surface area contributed by atoms with Gasteiger partial charge in [-0.3, -0.25) is 4.79 Å². The Morgan fingerprint density at radius 2 is 2.25 bits per heavy atom. The van der Waals surface area contributed by atoms with Crippen molar-refractivity contribution in [3.63, 3.8) is 0 Å². The third-order valence-corrected chi connectivity index (χ3v) is 4.59. The van der Waals surface area contributed by atoms with Crippen LogP contribution in [-0.4, -0.2) is 33.4 Å². The van der Waals surface area contributed by atoms with E-state index in [9.17, 15) is 4.79 Å². The zero-order valence-corrected chi connectivity index (χ0v) is 14.4. The van der Waals surface area contributed by atoms with Crippen molar-refractivity contribution in [1.82, 2.24) is 14.8 Å². The third-order valence-electron chi connectivity index (χ3n) is 4.36. The Hall–Kier alpha value is -1.92. The molecular formula is C17H21ClN4O2. The van der Waals surface area contributed by atoms with Crippen molar-refractivity contribution < 1.29 is 9.53 Å². The summed E-state index contributed by atoms with van der Waals surface area (Å²) in [6.07, 6.45) is 7.77. The van der Waals surface area contributed by atoms with Crippen LogP contribution in [0.25, 0.3) is 5.69 Å². The van der Waals surface area contributed by atoms with Crippen molar-refractivity contribution in [1.29, 1.82) is 0 Å². The van der Waals surface area contributed by atoms with Gasteiger partial charge in [-0.25, -0.2) is 9.67 Å². The van der Waals surface area contributed by atoms with E-state index in [2.05, 4.69) is 22.3 Å². The fraction of sp³-hybridized carbons (Fsp3) is 0.471. The summed E-state index contributed by atoms with van der Waals surface area (Å²) in [5.74, 6) is 0.305. The number of aromatic nitrogens is 3. The number of carbonyl (C=O) groups excluding carboxylic acids is 1. The Morgan fingerprint density at radius 1 is 1.42 bits per heavy atom. The van der Waals surface area contributed by atoms with Crippen LogP contribution in [-0.2, 0) is 9.53 Å². The molecule has 1 heterocycles. The van der Waals surface area contributed by atoms with Gasteiger partial charge in [0.25, 0.3) is 0 Å². The summed E-state index contributed by atoms with van der Waals surface area (Å²) >= 11 is 6.05. The smallest absolute Gasteiger partial charge is 0.250 e. The molecule has 0 saturated heterocycles. The highest BCUT2D eigenvalue weighted by Crippen LogP contribution is 2.27. The van der Waals surface area contributed by atoms with Crippen molar-refractivity contribution in [2.75, 3.05) is 11.9 Å². The molecule has 1 saturated carbocycles. The maximum absolute atomic E-state index is 12.3. The van der Waals surface area contributed by atoms with E-state index in [0.717, 1.165) is 12.8 Å². The van der Waals surface area contributed by atoms with Crippen molar-refractivity contribution >= 4 is 23.2 Å². The van der Waals surface area contributed by atoms with Gasteiger partial charge in [0.05, 0.1) is 17.5 Å². The molecule has 1 aliphatic rings. The van der Waals surface area contributed by atoms with Gasteiger partial charge in [-0.1, -0.05) is 31.4 Å². The number of benzene rings is 1. The fourth-order valence-corrected chi connectivity index (χ4v) is 3.21. The van der Waals surface area contributed by atoms with Gasteiger partial charge in [0.2, 0.25) is 5.91 Å². The Morgan fingerprint density at radius 3 is 3.00 bits per heavy atom. The number of hydrogen-bond donors (Lipinski definition) is 1. The van der Waals surface area contributed by atoms with Gasteiger partial charge in [-0.15, -0.1) is 0 Å². The second kappa shape index (κ2) is 7.77. The van der Waals surface area contributed by atoms with E-state index in [1.165, 1.54) is 19.2 Å². The van der Waals surface area contributed by atoms with Crippen LogP contribution in [0.4, 0.5) is 5.69 Å². The molecule has 0 spiro atoms. The van der Waals surface area contributed by atoms with Crippen molar-refractivity contribution in [2.24, 2.45) is 5.92 Å². The van der Waals surface area contributed by atoms with Gasteiger partial charge in [-0.05, 0) is 37.0 Å². The predicted octanol–water partition coefficient (Wildman–Crippen LogP) is 3.45. The molecule has 7 heteroatoms. The number of amides is 1. The van der Waals surface area contributed by atoms with E-state index in [-0.39, 0.29) is 18.6 Å². The van der Waals surface area contributed by atoms with Crippen LogP contribution in [0, 0.1) is 5.92 Å². The van der Waals surface area contributed by atoms with Crippen LogP contribution in [0.3, 0.4) is 0 Å². The summed E-state index contributed by atoms with van der Waals surface area (Å²) in [5.41, 5.74) is 1.29. The van der Waals surface area contributed by atoms with Crippen molar-refractivity contribution in [2.45, 2.75) is 38.7 Å². The van der Waals surface area contributed by atoms with Crippen LogP contribution in [0.15, 0.2) is 30.9 Å². The molecule has 24 heavy (non-hydrogen) atoms. The number of rotatable bonds is 5. The quantitative estimate of drug-likeness (QED) is 0.898. The molecule has 0 radical (unpaired) electrons. The maximum atomic E-state index is 12.3. The van der Waals surface area contributed by atoms with Gasteiger partial charge < -0.3 is 10.1 Å². The fourth-order valence-electron chi connectivity index (χ4n) is 3.04. The van der Waals surface area contributed by atoms with E-state index < -0.39 is 0 Å². The Balaban J connectivity index is 1.65. The molecule has 2 atom stereocenters. The average molecular weight is 349 g/mol. The minimum Gasteiger partial charge on any atom is -0.368 e. The summed E-state index contributed by atoms with van der Waals surface area (Å²) < 4.78 is 7.39. The lowest BCUT2D eigenvalue weighted by molar-refractivity contribution is -0.124. The normalized spacial score (nSPS) is 20.8. The molecule has 6 nitrogen and oxygen atoms in total. The van der Waals surface area contributed by atoms with Crippen LogP contribution < -0.4 is 5.32 Å². The molecule has 1 N–H and O–H groups in total. The topological polar surface area (TPSA) is 69.0 Å². The minimum atomic E-state index is -0.198. The zero-order chi connectivity index (χ0) is 16.9. The predicted molar refractivity (Wildman–Crippen MR) is 92.4 cm³/mol. The first kappa shape index (κ1) is 16.9. The zero-order valence-electron chi connectivity index (χ0n) is 13.6. The lowest BCUT2D eigenvalue weighted by Crippen LogP contribution is -2.30. The number of carbonyl (C=O) groups is 1. The molecule has 1 aromatic heterocycles. The van der Waals surface area contributed by atoms with Gasteiger partial charge >= 0.3 is 0 Å². The van der Waals surface area contributed by atoms with Crippen molar-refractivity contribution in [3.05, 3.63) is 35.9 Å². The molecule has 128 valence electrons. The van der Waals surface area contributed by atoms with Gasteiger partial charge in [0, 0.05) is 5.02 Å². The highest BCUT2D eigenvalue weighted by molar-refractivity contribution is 6.31. The first-order chi connectivity index (χ1) is 11.6. The van der Waals surface area contributed by atoms with Crippen molar-refractivity contribution in [3.8, 4) is 5.69 Å². The monoisotopic (exact) mass is 348 g/mol. The number of nitrogens with zero attached hydrogens (tertiary/aromatic N) is 3. The molecule has 1 aliphatic carbocycles. The number of ether oxygens (including phenoxy) is 1. The summed E-state index contributed by atoms with van der Waals surface area (Å²) in [5, 5.41) is 7.49. The Bertz CT molecular complexity index is 690. The molecule has 3 rings (SSSR count). The Kier molecular flexibility index (Phi) is 5.48. The summed E-state index contributed by atoms with van der Waals surface area (Å²) in [4.78, 5) is 16.2. The molecular weight excluding hydrogens is 328 g/mol. The minimum absolute atomic E-state index is 0.0400. The molecule has 1 aromatic carbocycles. The van der Waals surface area contributed by atoms with Gasteiger partial charge in [0.15, 0.2) is 0 Å².